The Morgan fingerprint density at radius 3 is 2.50 bits per heavy atom. The Morgan fingerprint density at radius 2 is 1.77 bits per heavy atom. The number of thiazole rings is 1. The largest absolute Gasteiger partial charge is 0.324 e. The molecule has 2 aromatic heterocycles. The fourth-order valence-electron chi connectivity index (χ4n) is 3.10. The van der Waals surface area contributed by atoms with Crippen molar-refractivity contribution in [3.05, 3.63) is 52.7 Å². The number of nitrogens with zero attached hydrogens (tertiary/aromatic N) is 4. The minimum atomic E-state index is 0.595. The third-order valence-electron chi connectivity index (χ3n) is 4.08. The average molecular weight is 363 g/mol. The van der Waals surface area contributed by atoms with Crippen molar-refractivity contribution in [3.63, 3.8) is 0 Å². The predicted octanol–water partition coefficient (Wildman–Crippen LogP) is 4.66. The third-order valence-corrected chi connectivity index (χ3v) is 5.09. The lowest BCUT2D eigenvalue weighted by Gasteiger charge is -2.08. The maximum atomic E-state index is 4.82. The number of hydrogen-bond acceptors (Lipinski definition) is 6. The lowest BCUT2D eigenvalue weighted by Crippen LogP contribution is -2.10. The summed E-state index contributed by atoms with van der Waals surface area (Å²) in [4.78, 5) is 16.2. The van der Waals surface area contributed by atoms with Crippen LogP contribution in [0.2, 0.25) is 0 Å². The topological polar surface area (TPSA) is 53.9 Å². The molecular formula is C20H21N5S. The number of aromatic nitrogens is 3. The average Bonchev–Trinajstić information content (AvgIpc) is 2.96. The van der Waals surface area contributed by atoms with Gasteiger partial charge in [0.1, 0.15) is 16.0 Å². The fraction of sp³-hybridized carbons (Fsp3) is 0.250. The van der Waals surface area contributed by atoms with Crippen LogP contribution in [0.15, 0.2) is 36.5 Å². The van der Waals surface area contributed by atoms with E-state index >= 15 is 0 Å². The maximum Gasteiger partial charge on any atom is 0.227 e. The monoisotopic (exact) mass is 363 g/mol. The Kier molecular flexibility index (Phi) is 4.30. The van der Waals surface area contributed by atoms with Crippen molar-refractivity contribution in [3.8, 4) is 0 Å². The van der Waals surface area contributed by atoms with E-state index in [9.17, 15) is 0 Å². The van der Waals surface area contributed by atoms with Crippen molar-refractivity contribution < 1.29 is 0 Å². The van der Waals surface area contributed by atoms with Crippen LogP contribution in [0.3, 0.4) is 0 Å². The van der Waals surface area contributed by atoms with Gasteiger partial charge in [-0.1, -0.05) is 6.07 Å². The van der Waals surface area contributed by atoms with Gasteiger partial charge in [-0.2, -0.15) is 0 Å². The molecule has 0 spiro atoms. The van der Waals surface area contributed by atoms with Gasteiger partial charge in [-0.05, 0) is 63.3 Å². The molecule has 0 saturated carbocycles. The van der Waals surface area contributed by atoms with E-state index in [1.165, 1.54) is 11.1 Å². The van der Waals surface area contributed by atoms with Gasteiger partial charge in [0.25, 0.3) is 0 Å². The summed E-state index contributed by atoms with van der Waals surface area (Å²) >= 11 is 1.72. The van der Waals surface area contributed by atoms with Crippen molar-refractivity contribution >= 4 is 44.1 Å². The minimum absolute atomic E-state index is 0.595. The Bertz CT molecular complexity index is 1080. The normalized spacial score (nSPS) is 11.6. The van der Waals surface area contributed by atoms with Gasteiger partial charge in [0.05, 0.1) is 4.70 Å². The maximum absolute atomic E-state index is 4.82. The molecule has 0 aliphatic heterocycles. The second-order valence-corrected chi connectivity index (χ2v) is 8.01. The quantitative estimate of drug-likeness (QED) is 0.571. The van der Waals surface area contributed by atoms with Crippen molar-refractivity contribution in [1.82, 2.24) is 19.9 Å². The van der Waals surface area contributed by atoms with Gasteiger partial charge in [0, 0.05) is 23.8 Å². The number of hydrogen-bond donors (Lipinski definition) is 1. The SMILES string of the molecule is Cc1cc(C)cc(Nc2ncc3ccc4sc(CN(C)C)nc4c3n2)c1. The molecule has 2 aromatic carbocycles. The van der Waals surface area contributed by atoms with E-state index in [0.717, 1.165) is 38.4 Å². The number of fused-ring (bicyclic) bond motifs is 3. The van der Waals surface area contributed by atoms with Crippen LogP contribution in [0.25, 0.3) is 21.1 Å². The van der Waals surface area contributed by atoms with E-state index < -0.39 is 0 Å². The predicted molar refractivity (Wildman–Crippen MR) is 109 cm³/mol. The number of benzene rings is 2. The summed E-state index contributed by atoms with van der Waals surface area (Å²) in [6.07, 6.45) is 1.86. The number of rotatable bonds is 4. The molecule has 4 rings (SSSR count). The van der Waals surface area contributed by atoms with Crippen LogP contribution in [0.5, 0.6) is 0 Å². The van der Waals surface area contributed by atoms with E-state index in [1.807, 2.05) is 6.20 Å². The molecule has 0 saturated heterocycles. The van der Waals surface area contributed by atoms with Gasteiger partial charge >= 0.3 is 0 Å². The molecule has 0 bridgehead atoms. The van der Waals surface area contributed by atoms with Crippen LogP contribution in [-0.2, 0) is 6.54 Å². The number of anilines is 2. The van der Waals surface area contributed by atoms with E-state index in [-0.39, 0.29) is 0 Å². The summed E-state index contributed by atoms with van der Waals surface area (Å²) in [6.45, 7) is 5.01. The summed E-state index contributed by atoms with van der Waals surface area (Å²) in [7, 11) is 4.11. The zero-order chi connectivity index (χ0) is 18.3. The van der Waals surface area contributed by atoms with Crippen molar-refractivity contribution in [2.45, 2.75) is 20.4 Å². The molecule has 132 valence electrons. The van der Waals surface area contributed by atoms with Gasteiger partial charge in [-0.3, -0.25) is 0 Å². The van der Waals surface area contributed by atoms with Crippen LogP contribution < -0.4 is 5.32 Å². The highest BCUT2D eigenvalue weighted by molar-refractivity contribution is 7.18. The summed E-state index contributed by atoms with van der Waals surface area (Å²) in [6, 6.07) is 10.5. The summed E-state index contributed by atoms with van der Waals surface area (Å²) in [5.74, 6) is 0.595. The number of nitrogens with one attached hydrogen (secondary N) is 1. The Hall–Kier alpha value is -2.57. The first-order chi connectivity index (χ1) is 12.5. The second-order valence-electron chi connectivity index (χ2n) is 6.89. The van der Waals surface area contributed by atoms with Gasteiger partial charge < -0.3 is 10.2 Å². The standard InChI is InChI=1S/C20H21N5S/c1-12-7-13(2)9-15(8-12)22-20-21-10-14-5-6-16-19(18(14)24-20)23-17(26-16)11-25(3)4/h5-10H,11H2,1-4H3,(H,21,22,24). The summed E-state index contributed by atoms with van der Waals surface area (Å²) < 4.78 is 1.16. The van der Waals surface area contributed by atoms with Crippen LogP contribution in [0.4, 0.5) is 11.6 Å². The lowest BCUT2D eigenvalue weighted by molar-refractivity contribution is 0.402. The van der Waals surface area contributed by atoms with Crippen molar-refractivity contribution in [1.29, 1.82) is 0 Å². The highest BCUT2D eigenvalue weighted by Gasteiger charge is 2.11. The van der Waals surface area contributed by atoms with Crippen LogP contribution in [0.1, 0.15) is 16.1 Å². The molecule has 4 aromatic rings. The highest BCUT2D eigenvalue weighted by Crippen LogP contribution is 2.29. The zero-order valence-corrected chi connectivity index (χ0v) is 16.2. The molecule has 1 N–H and O–H groups in total. The lowest BCUT2D eigenvalue weighted by atomic mass is 10.1. The molecule has 0 atom stereocenters. The van der Waals surface area contributed by atoms with Crippen molar-refractivity contribution in [2.75, 3.05) is 19.4 Å². The number of aryl methyl sites for hydroxylation is 2. The van der Waals surface area contributed by atoms with Gasteiger partial charge in [-0.25, -0.2) is 15.0 Å². The molecule has 26 heavy (non-hydrogen) atoms. The minimum Gasteiger partial charge on any atom is -0.324 e. The molecule has 0 aliphatic carbocycles. The highest BCUT2D eigenvalue weighted by atomic mass is 32.1. The first-order valence-corrected chi connectivity index (χ1v) is 9.35. The molecule has 0 aliphatic rings. The first kappa shape index (κ1) is 16.9. The van der Waals surface area contributed by atoms with Crippen LogP contribution in [0, 0.1) is 13.8 Å². The molecule has 0 unspecified atom stereocenters. The van der Waals surface area contributed by atoms with E-state index in [2.05, 4.69) is 73.5 Å². The van der Waals surface area contributed by atoms with Crippen molar-refractivity contribution in [2.24, 2.45) is 0 Å². The molecule has 6 heteroatoms. The molecule has 2 heterocycles. The van der Waals surface area contributed by atoms with Crippen LogP contribution in [-0.4, -0.2) is 33.9 Å². The smallest absolute Gasteiger partial charge is 0.227 e. The third kappa shape index (κ3) is 3.38. The zero-order valence-electron chi connectivity index (χ0n) is 15.4. The first-order valence-electron chi connectivity index (χ1n) is 8.53. The van der Waals surface area contributed by atoms with Crippen LogP contribution >= 0.6 is 11.3 Å². The van der Waals surface area contributed by atoms with E-state index in [4.69, 9.17) is 9.97 Å². The van der Waals surface area contributed by atoms with E-state index in [1.54, 1.807) is 11.3 Å². The molecule has 5 nitrogen and oxygen atoms in total. The van der Waals surface area contributed by atoms with Gasteiger partial charge in [-0.15, -0.1) is 11.3 Å². The second kappa shape index (κ2) is 6.63. The fourth-order valence-corrected chi connectivity index (χ4v) is 4.19. The molecule has 0 amide bonds. The summed E-state index contributed by atoms with van der Waals surface area (Å²) in [5.41, 5.74) is 5.27. The van der Waals surface area contributed by atoms with E-state index in [0.29, 0.717) is 5.95 Å². The molecule has 0 radical (unpaired) electrons. The Morgan fingerprint density at radius 1 is 1.00 bits per heavy atom. The van der Waals surface area contributed by atoms with Gasteiger partial charge in [0.15, 0.2) is 0 Å². The molecule has 0 fully saturated rings. The van der Waals surface area contributed by atoms with Gasteiger partial charge in [0.2, 0.25) is 5.95 Å². The Labute approximate surface area is 156 Å². The Balaban J connectivity index is 1.77. The molecular weight excluding hydrogens is 342 g/mol. The summed E-state index contributed by atoms with van der Waals surface area (Å²) in [5, 5.41) is 5.43.